The molecule has 0 bridgehead atoms. The molecule has 1 amide bonds. The van der Waals surface area contributed by atoms with Crippen LogP contribution in [0.5, 0.6) is 0 Å². The zero-order valence-corrected chi connectivity index (χ0v) is 10.7. The Morgan fingerprint density at radius 1 is 1.44 bits per heavy atom. The summed E-state index contributed by atoms with van der Waals surface area (Å²) in [6, 6.07) is 9.85. The van der Waals surface area contributed by atoms with Crippen LogP contribution in [0.2, 0.25) is 0 Å². The summed E-state index contributed by atoms with van der Waals surface area (Å²) in [7, 11) is 0. The summed E-state index contributed by atoms with van der Waals surface area (Å²) in [6.07, 6.45) is 4.23. The van der Waals surface area contributed by atoms with E-state index in [9.17, 15) is 4.79 Å². The lowest BCUT2D eigenvalue weighted by atomic mass is 10.1. The first-order valence-corrected chi connectivity index (χ1v) is 6.39. The van der Waals surface area contributed by atoms with Crippen molar-refractivity contribution in [2.24, 2.45) is 0 Å². The number of hydrogen-bond donors (Lipinski definition) is 1. The molecule has 1 aliphatic rings. The van der Waals surface area contributed by atoms with Crippen molar-refractivity contribution < 1.29 is 9.53 Å². The Bertz CT molecular complexity index is 419. The zero-order chi connectivity index (χ0) is 12.8. The number of amides is 1. The van der Waals surface area contributed by atoms with Gasteiger partial charge >= 0.3 is 0 Å². The third-order valence-electron chi connectivity index (χ3n) is 3.06. The van der Waals surface area contributed by atoms with Crippen molar-refractivity contribution in [3.8, 4) is 0 Å². The second kappa shape index (κ2) is 6.36. The van der Waals surface area contributed by atoms with Gasteiger partial charge in [0.2, 0.25) is 5.91 Å². The van der Waals surface area contributed by atoms with Crippen LogP contribution in [-0.2, 0) is 9.53 Å². The van der Waals surface area contributed by atoms with E-state index in [1.165, 1.54) is 0 Å². The van der Waals surface area contributed by atoms with Crippen LogP contribution in [0.1, 0.15) is 25.3 Å². The highest BCUT2D eigenvalue weighted by atomic mass is 16.5. The first kappa shape index (κ1) is 12.8. The molecule has 1 aliphatic heterocycles. The summed E-state index contributed by atoms with van der Waals surface area (Å²) >= 11 is 0. The van der Waals surface area contributed by atoms with Crippen molar-refractivity contribution >= 4 is 12.0 Å². The molecule has 1 N–H and O–H groups in total. The van der Waals surface area contributed by atoms with Gasteiger partial charge in [-0.25, -0.2) is 0 Å². The van der Waals surface area contributed by atoms with E-state index in [1.54, 1.807) is 0 Å². The molecule has 0 aromatic heterocycles. The number of ether oxygens (including phenoxy) is 1. The molecule has 1 saturated heterocycles. The normalized spacial score (nSPS) is 19.8. The van der Waals surface area contributed by atoms with Crippen molar-refractivity contribution in [3.05, 3.63) is 41.5 Å². The fourth-order valence-corrected chi connectivity index (χ4v) is 2.02. The van der Waals surface area contributed by atoms with Crippen molar-refractivity contribution in [1.82, 2.24) is 5.32 Å². The summed E-state index contributed by atoms with van der Waals surface area (Å²) < 4.78 is 5.47. The molecule has 3 heteroatoms. The largest absolute Gasteiger partial charge is 0.376 e. The Morgan fingerprint density at radius 2 is 2.22 bits per heavy atom. The van der Waals surface area contributed by atoms with E-state index < -0.39 is 0 Å². The molecule has 0 spiro atoms. The number of nitrogens with one attached hydrogen (secondary N) is 1. The molecule has 1 aromatic rings. The highest BCUT2D eigenvalue weighted by molar-refractivity contribution is 5.97. The molecule has 1 aromatic carbocycles. The van der Waals surface area contributed by atoms with E-state index in [0.717, 1.165) is 30.6 Å². The third-order valence-corrected chi connectivity index (χ3v) is 3.06. The highest BCUT2D eigenvalue weighted by Crippen LogP contribution is 2.11. The van der Waals surface area contributed by atoms with Crippen LogP contribution in [0, 0.1) is 0 Å². The lowest BCUT2D eigenvalue weighted by Crippen LogP contribution is -2.32. The molecule has 1 heterocycles. The molecule has 0 saturated carbocycles. The second-order valence-corrected chi connectivity index (χ2v) is 4.58. The van der Waals surface area contributed by atoms with Gasteiger partial charge in [-0.05, 0) is 31.4 Å². The maximum Gasteiger partial charge on any atom is 0.247 e. The number of carbonyl (C=O) groups excluding carboxylic acids is 1. The Morgan fingerprint density at radius 3 is 2.89 bits per heavy atom. The number of carbonyl (C=O) groups is 1. The molecular weight excluding hydrogens is 226 g/mol. The van der Waals surface area contributed by atoms with Gasteiger partial charge in [0.25, 0.3) is 0 Å². The van der Waals surface area contributed by atoms with Crippen LogP contribution in [0.3, 0.4) is 0 Å². The average molecular weight is 245 g/mol. The van der Waals surface area contributed by atoms with Crippen LogP contribution in [0.4, 0.5) is 0 Å². The minimum absolute atomic E-state index is 0.0191. The van der Waals surface area contributed by atoms with Crippen molar-refractivity contribution in [3.63, 3.8) is 0 Å². The lowest BCUT2D eigenvalue weighted by Gasteiger charge is -2.10. The van der Waals surface area contributed by atoms with E-state index in [4.69, 9.17) is 4.74 Å². The summed E-state index contributed by atoms with van der Waals surface area (Å²) in [5.74, 6) is -0.0191. The zero-order valence-electron chi connectivity index (χ0n) is 10.7. The molecule has 0 radical (unpaired) electrons. The Hall–Kier alpha value is -1.61. The Balaban J connectivity index is 1.86. The van der Waals surface area contributed by atoms with Gasteiger partial charge in [-0.1, -0.05) is 30.3 Å². The van der Waals surface area contributed by atoms with E-state index in [1.807, 2.05) is 43.3 Å². The monoisotopic (exact) mass is 245 g/mol. The minimum Gasteiger partial charge on any atom is -0.376 e. The van der Waals surface area contributed by atoms with Gasteiger partial charge < -0.3 is 10.1 Å². The Labute approximate surface area is 108 Å². The summed E-state index contributed by atoms with van der Waals surface area (Å²) in [5.41, 5.74) is 1.77. The molecule has 3 nitrogen and oxygen atoms in total. The fourth-order valence-electron chi connectivity index (χ4n) is 2.02. The van der Waals surface area contributed by atoms with Crippen LogP contribution < -0.4 is 5.32 Å². The molecule has 0 unspecified atom stereocenters. The predicted molar refractivity (Wildman–Crippen MR) is 72.1 cm³/mol. The van der Waals surface area contributed by atoms with Crippen LogP contribution in [0.25, 0.3) is 6.08 Å². The Kier molecular flexibility index (Phi) is 4.53. The quantitative estimate of drug-likeness (QED) is 0.827. The fraction of sp³-hybridized carbons (Fsp3) is 0.400. The smallest absolute Gasteiger partial charge is 0.247 e. The molecule has 96 valence electrons. The second-order valence-electron chi connectivity index (χ2n) is 4.58. The van der Waals surface area contributed by atoms with Gasteiger partial charge in [-0.15, -0.1) is 0 Å². The van der Waals surface area contributed by atoms with E-state index in [2.05, 4.69) is 5.32 Å². The van der Waals surface area contributed by atoms with Gasteiger partial charge in [0, 0.05) is 18.7 Å². The maximum atomic E-state index is 11.9. The summed E-state index contributed by atoms with van der Waals surface area (Å²) in [4.78, 5) is 11.9. The SMILES string of the molecule is C/C(=C/c1ccccc1)C(=O)NC[C@@H]1CCCO1. The maximum absolute atomic E-state index is 11.9. The van der Waals surface area contributed by atoms with Crippen molar-refractivity contribution in [2.45, 2.75) is 25.9 Å². The highest BCUT2D eigenvalue weighted by Gasteiger charge is 2.16. The standard InChI is InChI=1S/C15H19NO2/c1-12(10-13-6-3-2-4-7-13)15(17)16-11-14-8-5-9-18-14/h2-4,6-7,10,14H,5,8-9,11H2,1H3,(H,16,17)/b12-10-/t14-/m0/s1. The summed E-state index contributed by atoms with van der Waals surface area (Å²) in [6.45, 7) is 3.26. The molecular formula is C15H19NO2. The summed E-state index contributed by atoms with van der Waals surface area (Å²) in [5, 5.41) is 2.91. The molecule has 1 fully saturated rings. The topological polar surface area (TPSA) is 38.3 Å². The van der Waals surface area contributed by atoms with Crippen LogP contribution in [0.15, 0.2) is 35.9 Å². The van der Waals surface area contributed by atoms with Gasteiger partial charge in [0.15, 0.2) is 0 Å². The molecule has 2 rings (SSSR count). The van der Waals surface area contributed by atoms with E-state index >= 15 is 0 Å². The van der Waals surface area contributed by atoms with Gasteiger partial charge in [-0.2, -0.15) is 0 Å². The number of rotatable bonds is 4. The number of benzene rings is 1. The van der Waals surface area contributed by atoms with Crippen LogP contribution >= 0.6 is 0 Å². The van der Waals surface area contributed by atoms with Crippen molar-refractivity contribution in [1.29, 1.82) is 0 Å². The van der Waals surface area contributed by atoms with Gasteiger partial charge in [-0.3, -0.25) is 4.79 Å². The molecule has 1 atom stereocenters. The first-order valence-electron chi connectivity index (χ1n) is 6.39. The number of hydrogen-bond acceptors (Lipinski definition) is 2. The predicted octanol–water partition coefficient (Wildman–Crippen LogP) is 2.39. The van der Waals surface area contributed by atoms with E-state index in [0.29, 0.717) is 6.54 Å². The average Bonchev–Trinajstić information content (AvgIpc) is 2.90. The molecule has 18 heavy (non-hydrogen) atoms. The first-order chi connectivity index (χ1) is 8.75. The molecule has 0 aliphatic carbocycles. The van der Waals surface area contributed by atoms with Crippen LogP contribution in [-0.4, -0.2) is 25.2 Å². The van der Waals surface area contributed by atoms with Gasteiger partial charge in [0.1, 0.15) is 0 Å². The van der Waals surface area contributed by atoms with Gasteiger partial charge in [0.05, 0.1) is 6.10 Å². The van der Waals surface area contributed by atoms with E-state index in [-0.39, 0.29) is 12.0 Å². The third kappa shape index (κ3) is 3.70. The van der Waals surface area contributed by atoms with Crippen molar-refractivity contribution in [2.75, 3.05) is 13.2 Å². The minimum atomic E-state index is -0.0191. The lowest BCUT2D eigenvalue weighted by molar-refractivity contribution is -0.117.